The molecule has 2 amide bonds. The van der Waals surface area contributed by atoms with E-state index in [1.54, 1.807) is 30.3 Å². The van der Waals surface area contributed by atoms with E-state index in [-0.39, 0.29) is 0 Å². The van der Waals surface area contributed by atoms with Gasteiger partial charge in [-0.1, -0.05) is 18.2 Å². The predicted octanol–water partition coefficient (Wildman–Crippen LogP) is 3.49. The normalized spacial score (nSPS) is 19.3. The quantitative estimate of drug-likeness (QED) is 0.790. The van der Waals surface area contributed by atoms with E-state index >= 15 is 0 Å². The van der Waals surface area contributed by atoms with Crippen LogP contribution < -0.4 is 15.4 Å². The highest BCUT2D eigenvalue weighted by Crippen LogP contribution is 2.35. The summed E-state index contributed by atoms with van der Waals surface area (Å²) in [6, 6.07) is 12.6. The van der Waals surface area contributed by atoms with Crippen molar-refractivity contribution in [3.63, 3.8) is 0 Å². The van der Waals surface area contributed by atoms with Gasteiger partial charge in [0, 0.05) is 4.47 Å². The summed E-state index contributed by atoms with van der Waals surface area (Å²) in [4.78, 5) is 25.0. The number of rotatable bonds is 2. The minimum atomic E-state index is -1.64. The highest BCUT2D eigenvalue weighted by atomic mass is 79.9. The van der Waals surface area contributed by atoms with Gasteiger partial charge in [0.25, 0.3) is 17.4 Å². The zero-order valence-electron chi connectivity index (χ0n) is 12.6. The van der Waals surface area contributed by atoms with Gasteiger partial charge in [-0.05, 0) is 59.6 Å². The molecule has 0 spiro atoms. The molecule has 0 bridgehead atoms. The summed E-state index contributed by atoms with van der Waals surface area (Å²) >= 11 is 3.36. The van der Waals surface area contributed by atoms with Crippen molar-refractivity contribution in [2.75, 3.05) is 10.6 Å². The van der Waals surface area contributed by atoms with Crippen molar-refractivity contribution < 1.29 is 14.3 Å². The molecule has 3 rings (SSSR count). The van der Waals surface area contributed by atoms with Gasteiger partial charge >= 0.3 is 0 Å². The fourth-order valence-electron chi connectivity index (χ4n) is 2.29. The molecule has 1 unspecified atom stereocenters. The number of carbonyl (C=O) groups excluding carboxylic acids is 2. The molecule has 1 heterocycles. The molecule has 2 aromatic carbocycles. The molecule has 2 N–H and O–H groups in total. The maximum atomic E-state index is 12.6. The van der Waals surface area contributed by atoms with Gasteiger partial charge in [-0.15, -0.1) is 0 Å². The van der Waals surface area contributed by atoms with Gasteiger partial charge in [0.15, 0.2) is 0 Å². The molecule has 0 aliphatic carbocycles. The Bertz CT molecular complexity index is 806. The molecule has 118 valence electrons. The highest BCUT2D eigenvalue weighted by molar-refractivity contribution is 9.10. The lowest BCUT2D eigenvalue weighted by Crippen LogP contribution is -2.56. The minimum absolute atomic E-state index is 0.472. The van der Waals surface area contributed by atoms with Crippen molar-refractivity contribution in [1.29, 1.82) is 0 Å². The van der Waals surface area contributed by atoms with Crippen molar-refractivity contribution in [3.05, 3.63) is 52.5 Å². The minimum Gasteiger partial charge on any atom is -0.466 e. The Kier molecular flexibility index (Phi) is 3.85. The summed E-state index contributed by atoms with van der Waals surface area (Å²) in [6.45, 7) is 3.37. The average Bonchev–Trinajstić information content (AvgIpc) is 2.51. The highest BCUT2D eigenvalue weighted by Gasteiger charge is 2.47. The maximum Gasteiger partial charge on any atom is 0.278 e. The van der Waals surface area contributed by atoms with Crippen LogP contribution in [0.5, 0.6) is 5.75 Å². The molecule has 0 aromatic heterocycles. The number of ether oxygens (including phenoxy) is 1. The van der Waals surface area contributed by atoms with E-state index in [0.29, 0.717) is 17.1 Å². The third-order valence-electron chi connectivity index (χ3n) is 3.69. The number of halogens is 1. The molecule has 0 radical (unpaired) electrons. The van der Waals surface area contributed by atoms with Crippen LogP contribution >= 0.6 is 15.9 Å². The van der Waals surface area contributed by atoms with E-state index in [1.165, 1.54) is 6.92 Å². The second kappa shape index (κ2) is 5.70. The summed E-state index contributed by atoms with van der Waals surface area (Å²) in [7, 11) is 0. The molecule has 5 nitrogen and oxygen atoms in total. The number of nitrogens with one attached hydrogen (secondary N) is 2. The molecule has 0 fully saturated rings. The van der Waals surface area contributed by atoms with E-state index in [9.17, 15) is 9.59 Å². The summed E-state index contributed by atoms with van der Waals surface area (Å²) in [5, 5.41) is 5.46. The molecular weight excluding hydrogens is 360 g/mol. The number of fused-ring (bicyclic) bond motifs is 1. The molecular formula is C17H15BrN2O3. The van der Waals surface area contributed by atoms with Gasteiger partial charge in [-0.3, -0.25) is 9.59 Å². The first-order valence-corrected chi connectivity index (χ1v) is 7.86. The molecule has 0 saturated carbocycles. The number of carbonyl (C=O) groups is 2. The van der Waals surface area contributed by atoms with E-state index in [4.69, 9.17) is 4.74 Å². The first kappa shape index (κ1) is 15.6. The fourth-order valence-corrected chi connectivity index (χ4v) is 2.68. The van der Waals surface area contributed by atoms with Gasteiger partial charge in [-0.25, -0.2) is 0 Å². The van der Waals surface area contributed by atoms with Crippen LogP contribution in [0.4, 0.5) is 11.4 Å². The molecule has 1 aliphatic heterocycles. The van der Waals surface area contributed by atoms with Crippen LogP contribution in [0.25, 0.3) is 0 Å². The van der Waals surface area contributed by atoms with Crippen molar-refractivity contribution in [3.8, 4) is 5.75 Å². The molecule has 6 heteroatoms. The first-order valence-electron chi connectivity index (χ1n) is 7.07. The molecule has 0 saturated heterocycles. The number of hydrogen-bond donors (Lipinski definition) is 2. The SMILES string of the molecule is Cc1ccc2c(c1)NC(=O)C(C)(C(=O)Nc1ccccc1Br)O2. The van der Waals surface area contributed by atoms with Crippen LogP contribution in [0.1, 0.15) is 12.5 Å². The lowest BCUT2D eigenvalue weighted by molar-refractivity contribution is -0.143. The Morgan fingerprint density at radius 2 is 2.00 bits per heavy atom. The summed E-state index contributed by atoms with van der Waals surface area (Å²) in [5.74, 6) is -0.562. The van der Waals surface area contributed by atoms with Gasteiger partial charge in [-0.2, -0.15) is 0 Å². The van der Waals surface area contributed by atoms with Crippen molar-refractivity contribution in [1.82, 2.24) is 0 Å². The topological polar surface area (TPSA) is 67.4 Å². The van der Waals surface area contributed by atoms with E-state index < -0.39 is 17.4 Å². The Morgan fingerprint density at radius 1 is 1.26 bits per heavy atom. The third kappa shape index (κ3) is 2.82. The van der Waals surface area contributed by atoms with Crippen LogP contribution in [-0.2, 0) is 9.59 Å². The molecule has 1 aliphatic rings. The number of para-hydroxylation sites is 1. The smallest absolute Gasteiger partial charge is 0.278 e. The lowest BCUT2D eigenvalue weighted by atomic mass is 10.0. The van der Waals surface area contributed by atoms with Crippen LogP contribution in [0, 0.1) is 6.92 Å². The van der Waals surface area contributed by atoms with Gasteiger partial charge in [0.1, 0.15) is 5.75 Å². The zero-order chi connectivity index (χ0) is 16.6. The lowest BCUT2D eigenvalue weighted by Gasteiger charge is -2.33. The second-order valence-electron chi connectivity index (χ2n) is 5.52. The van der Waals surface area contributed by atoms with Crippen LogP contribution in [-0.4, -0.2) is 17.4 Å². The Labute approximate surface area is 142 Å². The predicted molar refractivity (Wildman–Crippen MR) is 91.6 cm³/mol. The van der Waals surface area contributed by atoms with E-state index in [0.717, 1.165) is 10.0 Å². The third-order valence-corrected chi connectivity index (χ3v) is 4.38. The standard InChI is InChI=1S/C17H15BrN2O3/c1-10-7-8-14-13(9-10)20-16(22)17(2,23-14)15(21)19-12-6-4-3-5-11(12)18/h3-9H,1-2H3,(H,19,21)(H,20,22). The van der Waals surface area contributed by atoms with Crippen molar-refractivity contribution in [2.45, 2.75) is 19.4 Å². The monoisotopic (exact) mass is 374 g/mol. The largest absolute Gasteiger partial charge is 0.466 e. The van der Waals surface area contributed by atoms with Crippen LogP contribution in [0.3, 0.4) is 0 Å². The van der Waals surface area contributed by atoms with Crippen molar-refractivity contribution in [2.24, 2.45) is 0 Å². The summed E-state index contributed by atoms with van der Waals surface area (Å²) in [5.41, 5.74) is 0.497. The average molecular weight is 375 g/mol. The number of amides is 2. The number of benzene rings is 2. The van der Waals surface area contributed by atoms with E-state index in [2.05, 4.69) is 26.6 Å². The first-order chi connectivity index (χ1) is 10.9. The maximum absolute atomic E-state index is 12.6. The number of aryl methyl sites for hydroxylation is 1. The zero-order valence-corrected chi connectivity index (χ0v) is 14.2. The van der Waals surface area contributed by atoms with Gasteiger partial charge in [0.05, 0.1) is 11.4 Å². The Morgan fingerprint density at radius 3 is 2.74 bits per heavy atom. The van der Waals surface area contributed by atoms with Crippen molar-refractivity contribution >= 4 is 39.1 Å². The van der Waals surface area contributed by atoms with Gasteiger partial charge < -0.3 is 15.4 Å². The Balaban J connectivity index is 1.89. The Hall–Kier alpha value is -2.34. The number of hydrogen-bond acceptors (Lipinski definition) is 3. The molecule has 2 aromatic rings. The van der Waals surface area contributed by atoms with E-state index in [1.807, 2.05) is 19.1 Å². The number of anilines is 2. The summed E-state index contributed by atoms with van der Waals surface area (Å²) in [6.07, 6.45) is 0. The van der Waals surface area contributed by atoms with Gasteiger partial charge in [0.2, 0.25) is 0 Å². The van der Waals surface area contributed by atoms with Crippen LogP contribution in [0.2, 0.25) is 0 Å². The molecule has 23 heavy (non-hydrogen) atoms. The second-order valence-corrected chi connectivity index (χ2v) is 6.38. The summed E-state index contributed by atoms with van der Waals surface area (Å²) < 4.78 is 6.45. The van der Waals surface area contributed by atoms with Crippen LogP contribution in [0.15, 0.2) is 46.9 Å². The fraction of sp³-hybridized carbons (Fsp3) is 0.176. The molecule has 1 atom stereocenters.